The van der Waals surface area contributed by atoms with Crippen molar-refractivity contribution in [3.8, 4) is 0 Å². The maximum atomic E-state index is 11.5. The molecular formula is C14H16ClNO3. The predicted octanol–water partition coefficient (Wildman–Crippen LogP) is 3.77. The average Bonchev–Trinajstić information content (AvgIpc) is 2.72. The highest BCUT2D eigenvalue weighted by Crippen LogP contribution is 2.33. The van der Waals surface area contributed by atoms with Crippen LogP contribution in [0.3, 0.4) is 0 Å². The van der Waals surface area contributed by atoms with Crippen LogP contribution in [-0.4, -0.2) is 16.1 Å². The molecule has 1 N–H and O–H groups in total. The highest BCUT2D eigenvalue weighted by atomic mass is 35.5. The van der Waals surface area contributed by atoms with E-state index in [1.807, 2.05) is 13.8 Å². The summed E-state index contributed by atoms with van der Waals surface area (Å²) in [6, 6.07) is 5.30. The molecule has 0 aliphatic heterocycles. The van der Waals surface area contributed by atoms with E-state index in [9.17, 15) is 9.90 Å². The first-order valence-electron chi connectivity index (χ1n) is 6.12. The zero-order valence-electron chi connectivity index (χ0n) is 11.1. The molecule has 0 bridgehead atoms. The number of carboxylic acids is 1. The first-order chi connectivity index (χ1) is 8.84. The minimum Gasteiger partial charge on any atom is -0.481 e. The van der Waals surface area contributed by atoms with Crippen LogP contribution < -0.4 is 0 Å². The van der Waals surface area contributed by atoms with Crippen molar-refractivity contribution in [2.24, 2.45) is 11.3 Å². The molecule has 1 aromatic heterocycles. The number of nitrogens with zero attached hydrogens (tertiary/aromatic N) is 1. The summed E-state index contributed by atoms with van der Waals surface area (Å²) >= 11 is 6.02. The van der Waals surface area contributed by atoms with Crippen molar-refractivity contribution in [2.75, 3.05) is 0 Å². The minimum absolute atomic E-state index is 0.0320. The molecule has 0 spiro atoms. The van der Waals surface area contributed by atoms with E-state index in [4.69, 9.17) is 16.0 Å². The van der Waals surface area contributed by atoms with E-state index in [1.54, 1.807) is 25.1 Å². The highest BCUT2D eigenvalue weighted by molar-refractivity contribution is 6.34. The van der Waals surface area contributed by atoms with Gasteiger partial charge in [-0.3, -0.25) is 4.79 Å². The van der Waals surface area contributed by atoms with Crippen LogP contribution in [0.25, 0.3) is 11.1 Å². The number of oxazole rings is 1. The van der Waals surface area contributed by atoms with Gasteiger partial charge >= 0.3 is 5.97 Å². The molecule has 5 heteroatoms. The first-order valence-corrected chi connectivity index (χ1v) is 6.49. The number of para-hydroxylation sites is 1. The standard InChI is InChI=1S/C14H16ClNO3/c1-8(2)14(3,13(17)18)7-11-16-10-6-4-5-9(15)12(10)19-11/h4-6,8H,7H2,1-3H3,(H,17,18). The Morgan fingerprint density at radius 2 is 2.21 bits per heavy atom. The molecule has 1 unspecified atom stereocenters. The Morgan fingerprint density at radius 3 is 2.74 bits per heavy atom. The van der Waals surface area contributed by atoms with Crippen LogP contribution in [0, 0.1) is 11.3 Å². The fraction of sp³-hybridized carbons (Fsp3) is 0.429. The third kappa shape index (κ3) is 2.45. The summed E-state index contributed by atoms with van der Waals surface area (Å²) in [5.74, 6) is -0.479. The molecule has 0 radical (unpaired) electrons. The number of aromatic nitrogens is 1. The van der Waals surface area contributed by atoms with E-state index in [-0.39, 0.29) is 12.3 Å². The number of hydrogen-bond donors (Lipinski definition) is 1. The van der Waals surface area contributed by atoms with Gasteiger partial charge in [0.15, 0.2) is 11.5 Å². The number of aliphatic carboxylic acids is 1. The van der Waals surface area contributed by atoms with E-state index in [2.05, 4.69) is 4.98 Å². The number of rotatable bonds is 4. The largest absolute Gasteiger partial charge is 0.481 e. The number of halogens is 1. The van der Waals surface area contributed by atoms with Gasteiger partial charge in [-0.1, -0.05) is 31.5 Å². The van der Waals surface area contributed by atoms with Crippen molar-refractivity contribution in [1.29, 1.82) is 0 Å². The maximum absolute atomic E-state index is 11.5. The lowest BCUT2D eigenvalue weighted by Crippen LogP contribution is -2.35. The SMILES string of the molecule is CC(C)C(C)(Cc1nc2cccc(Cl)c2o1)C(=O)O. The molecule has 19 heavy (non-hydrogen) atoms. The van der Waals surface area contributed by atoms with Crippen molar-refractivity contribution in [1.82, 2.24) is 4.98 Å². The van der Waals surface area contributed by atoms with Gasteiger partial charge in [-0.15, -0.1) is 0 Å². The van der Waals surface area contributed by atoms with Gasteiger partial charge in [-0.2, -0.15) is 0 Å². The van der Waals surface area contributed by atoms with Crippen LogP contribution >= 0.6 is 11.6 Å². The number of benzene rings is 1. The second-order valence-electron chi connectivity index (χ2n) is 5.25. The van der Waals surface area contributed by atoms with Gasteiger partial charge in [0, 0.05) is 6.42 Å². The Balaban J connectivity index is 2.40. The quantitative estimate of drug-likeness (QED) is 0.926. The van der Waals surface area contributed by atoms with Crippen molar-refractivity contribution in [3.63, 3.8) is 0 Å². The van der Waals surface area contributed by atoms with Crippen LogP contribution in [0.5, 0.6) is 0 Å². The molecule has 0 aliphatic carbocycles. The van der Waals surface area contributed by atoms with Crippen molar-refractivity contribution >= 4 is 28.7 Å². The Kier molecular flexibility index (Phi) is 3.54. The lowest BCUT2D eigenvalue weighted by molar-refractivity contribution is -0.150. The molecule has 0 saturated heterocycles. The van der Waals surface area contributed by atoms with E-state index in [0.29, 0.717) is 22.0 Å². The van der Waals surface area contributed by atoms with Crippen LogP contribution in [0.4, 0.5) is 0 Å². The van der Waals surface area contributed by atoms with Gasteiger partial charge in [0.2, 0.25) is 0 Å². The lowest BCUT2D eigenvalue weighted by Gasteiger charge is -2.27. The molecule has 2 aromatic rings. The van der Waals surface area contributed by atoms with Gasteiger partial charge in [0.25, 0.3) is 0 Å². The summed E-state index contributed by atoms with van der Waals surface area (Å²) in [6.45, 7) is 5.46. The van der Waals surface area contributed by atoms with E-state index in [0.717, 1.165) is 0 Å². The summed E-state index contributed by atoms with van der Waals surface area (Å²) in [4.78, 5) is 15.8. The molecule has 0 fully saturated rings. The zero-order valence-corrected chi connectivity index (χ0v) is 11.9. The fourth-order valence-corrected chi connectivity index (χ4v) is 2.09. The number of carbonyl (C=O) groups is 1. The predicted molar refractivity (Wildman–Crippen MR) is 73.3 cm³/mol. The Morgan fingerprint density at radius 1 is 1.53 bits per heavy atom. The second-order valence-corrected chi connectivity index (χ2v) is 5.66. The zero-order chi connectivity index (χ0) is 14.2. The molecule has 1 heterocycles. The van der Waals surface area contributed by atoms with Gasteiger partial charge < -0.3 is 9.52 Å². The average molecular weight is 282 g/mol. The lowest BCUT2D eigenvalue weighted by atomic mass is 9.76. The molecule has 1 atom stereocenters. The van der Waals surface area contributed by atoms with Crippen molar-refractivity contribution < 1.29 is 14.3 Å². The molecule has 0 amide bonds. The van der Waals surface area contributed by atoms with E-state index < -0.39 is 11.4 Å². The molecular weight excluding hydrogens is 266 g/mol. The number of fused-ring (bicyclic) bond motifs is 1. The molecule has 1 aromatic carbocycles. The fourth-order valence-electron chi connectivity index (χ4n) is 1.88. The van der Waals surface area contributed by atoms with Crippen molar-refractivity contribution in [2.45, 2.75) is 27.2 Å². The Bertz CT molecular complexity index is 620. The van der Waals surface area contributed by atoms with Gasteiger partial charge in [0.05, 0.1) is 10.4 Å². The third-order valence-electron chi connectivity index (χ3n) is 3.69. The highest BCUT2D eigenvalue weighted by Gasteiger charge is 2.38. The minimum atomic E-state index is -0.909. The van der Waals surface area contributed by atoms with Gasteiger partial charge in [-0.25, -0.2) is 4.98 Å². The molecule has 2 rings (SSSR count). The first kappa shape index (κ1) is 13.9. The van der Waals surface area contributed by atoms with E-state index in [1.165, 1.54) is 0 Å². The topological polar surface area (TPSA) is 63.3 Å². The van der Waals surface area contributed by atoms with Crippen LogP contribution in [-0.2, 0) is 11.2 Å². The smallest absolute Gasteiger partial charge is 0.310 e. The Labute approximate surface area is 116 Å². The normalized spacial score (nSPS) is 14.8. The van der Waals surface area contributed by atoms with Crippen LogP contribution in [0.1, 0.15) is 26.7 Å². The Hall–Kier alpha value is -1.55. The van der Waals surface area contributed by atoms with Crippen LogP contribution in [0.2, 0.25) is 5.02 Å². The second kappa shape index (κ2) is 4.85. The summed E-state index contributed by atoms with van der Waals surface area (Å²) in [6.07, 6.45) is 0.241. The summed E-state index contributed by atoms with van der Waals surface area (Å²) < 4.78 is 5.59. The monoisotopic (exact) mass is 281 g/mol. The van der Waals surface area contributed by atoms with Gasteiger partial charge in [0.1, 0.15) is 5.52 Å². The summed E-state index contributed by atoms with van der Waals surface area (Å²) in [7, 11) is 0. The number of hydrogen-bond acceptors (Lipinski definition) is 3. The summed E-state index contributed by atoms with van der Waals surface area (Å²) in [5.41, 5.74) is 0.252. The summed E-state index contributed by atoms with van der Waals surface area (Å²) in [5, 5.41) is 9.88. The molecule has 0 saturated carbocycles. The van der Waals surface area contributed by atoms with E-state index >= 15 is 0 Å². The third-order valence-corrected chi connectivity index (χ3v) is 3.99. The number of carboxylic acid groups (broad SMARTS) is 1. The maximum Gasteiger partial charge on any atom is 0.310 e. The van der Waals surface area contributed by atoms with Gasteiger partial charge in [-0.05, 0) is 25.0 Å². The van der Waals surface area contributed by atoms with Crippen molar-refractivity contribution in [3.05, 3.63) is 29.1 Å². The molecule has 4 nitrogen and oxygen atoms in total. The molecule has 0 aliphatic rings. The molecule has 102 valence electrons. The van der Waals surface area contributed by atoms with Crippen LogP contribution in [0.15, 0.2) is 22.6 Å².